The summed E-state index contributed by atoms with van der Waals surface area (Å²) in [5.74, 6) is 0.189. The fraction of sp³-hybridized carbons (Fsp3) is 0.286. The molecular weight excluding hydrogens is 439 g/mol. The SMILES string of the molecule is Cc1c(CN2CCC(c3cn(-c4cccc(F)c4)c4c3=NCNC=4)CC2)ccc2[nH]c(C#N)cc12. The lowest BCUT2D eigenvalue weighted by Gasteiger charge is -2.32. The van der Waals surface area contributed by atoms with E-state index in [1.807, 2.05) is 18.3 Å². The number of likely N-dealkylation sites (tertiary alicyclic amines) is 1. The molecule has 6 nitrogen and oxygen atoms in total. The Morgan fingerprint density at radius 3 is 2.83 bits per heavy atom. The quantitative estimate of drug-likeness (QED) is 0.483. The molecule has 1 fully saturated rings. The fourth-order valence-corrected chi connectivity index (χ4v) is 5.52. The van der Waals surface area contributed by atoms with Gasteiger partial charge in [-0.25, -0.2) is 4.39 Å². The standard InChI is InChI=1S/C28H27FN6/c1-18-20(5-6-26-24(18)12-22(13-30)33-26)15-34-9-7-19(8-10-34)25-16-35(23-4-2-3-21(29)11-23)27-14-31-17-32-28(25)27/h2-6,11-12,14,16,19,31,33H,7-10,15,17H2,1H3. The Kier molecular flexibility index (Phi) is 5.39. The van der Waals surface area contributed by atoms with Crippen LogP contribution in [0, 0.1) is 24.1 Å². The molecule has 0 aliphatic carbocycles. The summed E-state index contributed by atoms with van der Waals surface area (Å²) in [6.45, 7) is 5.65. The van der Waals surface area contributed by atoms with E-state index in [0.717, 1.165) is 59.8 Å². The first-order chi connectivity index (χ1) is 17.1. The molecule has 0 bridgehead atoms. The lowest BCUT2D eigenvalue weighted by atomic mass is 9.90. The number of nitriles is 1. The van der Waals surface area contributed by atoms with Gasteiger partial charge in [-0.05, 0) is 85.8 Å². The van der Waals surface area contributed by atoms with E-state index in [-0.39, 0.29) is 5.82 Å². The highest BCUT2D eigenvalue weighted by Gasteiger charge is 2.25. The molecule has 0 spiro atoms. The van der Waals surface area contributed by atoms with Gasteiger partial charge in [0.1, 0.15) is 24.2 Å². The first-order valence-electron chi connectivity index (χ1n) is 12.1. The zero-order chi connectivity index (χ0) is 23.9. The van der Waals surface area contributed by atoms with E-state index in [1.165, 1.54) is 22.8 Å². The smallest absolute Gasteiger partial charge is 0.125 e. The molecule has 7 heteroatoms. The van der Waals surface area contributed by atoms with Crippen LogP contribution in [0.1, 0.15) is 41.1 Å². The van der Waals surface area contributed by atoms with Crippen molar-refractivity contribution in [1.82, 2.24) is 19.8 Å². The number of rotatable bonds is 4. The van der Waals surface area contributed by atoms with E-state index in [4.69, 9.17) is 4.99 Å². The average molecular weight is 467 g/mol. The Labute approximate surface area is 203 Å². The van der Waals surface area contributed by atoms with Gasteiger partial charge in [-0.1, -0.05) is 12.1 Å². The zero-order valence-corrected chi connectivity index (χ0v) is 19.7. The second kappa shape index (κ2) is 8.71. The Hall–Kier alpha value is -3.89. The minimum Gasteiger partial charge on any atom is -0.370 e. The highest BCUT2D eigenvalue weighted by Crippen LogP contribution is 2.29. The van der Waals surface area contributed by atoms with Crippen LogP contribution in [-0.4, -0.2) is 34.2 Å². The van der Waals surface area contributed by atoms with E-state index in [0.29, 0.717) is 18.3 Å². The minimum atomic E-state index is -0.238. The first-order valence-corrected chi connectivity index (χ1v) is 12.1. The molecule has 0 atom stereocenters. The van der Waals surface area contributed by atoms with Crippen molar-refractivity contribution in [3.8, 4) is 11.8 Å². The molecule has 1 saturated heterocycles. The van der Waals surface area contributed by atoms with E-state index in [1.54, 1.807) is 12.1 Å². The molecule has 2 N–H and O–H groups in total. The number of nitrogens with zero attached hydrogens (tertiary/aromatic N) is 4. The molecule has 4 aromatic rings. The van der Waals surface area contributed by atoms with E-state index >= 15 is 0 Å². The highest BCUT2D eigenvalue weighted by atomic mass is 19.1. The van der Waals surface area contributed by atoms with Crippen LogP contribution in [0.5, 0.6) is 0 Å². The second-order valence-electron chi connectivity index (χ2n) is 9.49. The summed E-state index contributed by atoms with van der Waals surface area (Å²) < 4.78 is 16.0. The summed E-state index contributed by atoms with van der Waals surface area (Å²) in [4.78, 5) is 10.5. The van der Waals surface area contributed by atoms with Crippen molar-refractivity contribution >= 4 is 17.1 Å². The van der Waals surface area contributed by atoms with E-state index in [9.17, 15) is 9.65 Å². The summed E-state index contributed by atoms with van der Waals surface area (Å²) in [6.07, 6.45) is 6.27. The summed E-state index contributed by atoms with van der Waals surface area (Å²) in [5, 5.41) is 15.6. The number of benzene rings is 2. The molecule has 0 unspecified atom stereocenters. The monoisotopic (exact) mass is 466 g/mol. The fourth-order valence-electron chi connectivity index (χ4n) is 5.52. The van der Waals surface area contributed by atoms with Gasteiger partial charge in [-0.15, -0.1) is 0 Å². The van der Waals surface area contributed by atoms with Gasteiger partial charge >= 0.3 is 0 Å². The number of fused-ring (bicyclic) bond motifs is 2. The third-order valence-corrected chi connectivity index (χ3v) is 7.42. The van der Waals surface area contributed by atoms with Crippen LogP contribution in [0.15, 0.2) is 53.7 Å². The van der Waals surface area contributed by atoms with Gasteiger partial charge in [0.15, 0.2) is 0 Å². The normalized spacial score (nSPS) is 16.3. The Balaban J connectivity index is 1.22. The molecule has 2 aliphatic rings. The van der Waals surface area contributed by atoms with Crippen molar-refractivity contribution in [3.05, 3.63) is 87.6 Å². The Morgan fingerprint density at radius 1 is 1.17 bits per heavy atom. The van der Waals surface area contributed by atoms with Crippen molar-refractivity contribution in [3.63, 3.8) is 0 Å². The molecule has 2 aliphatic heterocycles. The summed E-state index contributed by atoms with van der Waals surface area (Å²) >= 11 is 0. The predicted octanol–water partition coefficient (Wildman–Crippen LogP) is 3.58. The first kappa shape index (κ1) is 21.6. The number of aromatic nitrogens is 2. The minimum absolute atomic E-state index is 0.238. The third kappa shape index (κ3) is 3.90. The van der Waals surface area contributed by atoms with Crippen LogP contribution in [0.25, 0.3) is 22.8 Å². The maximum Gasteiger partial charge on any atom is 0.125 e. The largest absolute Gasteiger partial charge is 0.370 e. The number of halogens is 1. The van der Waals surface area contributed by atoms with Gasteiger partial charge in [0.25, 0.3) is 0 Å². The zero-order valence-electron chi connectivity index (χ0n) is 19.7. The maximum absolute atomic E-state index is 13.9. The van der Waals surface area contributed by atoms with Crippen molar-refractivity contribution in [2.45, 2.75) is 32.2 Å². The van der Waals surface area contributed by atoms with Crippen molar-refractivity contribution in [1.29, 1.82) is 5.26 Å². The third-order valence-electron chi connectivity index (χ3n) is 7.42. The summed E-state index contributed by atoms with van der Waals surface area (Å²) in [7, 11) is 0. The predicted molar refractivity (Wildman–Crippen MR) is 134 cm³/mol. The Morgan fingerprint density at radius 2 is 2.03 bits per heavy atom. The molecule has 35 heavy (non-hydrogen) atoms. The van der Waals surface area contributed by atoms with Crippen LogP contribution >= 0.6 is 0 Å². The van der Waals surface area contributed by atoms with Crippen molar-refractivity contribution in [2.75, 3.05) is 19.8 Å². The van der Waals surface area contributed by atoms with Gasteiger partial charge < -0.3 is 14.9 Å². The van der Waals surface area contributed by atoms with Gasteiger partial charge in [0.2, 0.25) is 0 Å². The highest BCUT2D eigenvalue weighted by molar-refractivity contribution is 5.85. The lowest BCUT2D eigenvalue weighted by Crippen LogP contribution is -2.39. The number of aromatic amines is 1. The second-order valence-corrected chi connectivity index (χ2v) is 9.49. The summed E-state index contributed by atoms with van der Waals surface area (Å²) in [5.41, 5.74) is 6.25. The van der Waals surface area contributed by atoms with Crippen LogP contribution in [-0.2, 0) is 6.54 Å². The van der Waals surface area contributed by atoms with Gasteiger partial charge in [-0.3, -0.25) is 9.89 Å². The molecule has 2 aromatic heterocycles. The molecule has 2 aromatic carbocycles. The van der Waals surface area contributed by atoms with Crippen molar-refractivity contribution in [2.24, 2.45) is 4.99 Å². The average Bonchev–Trinajstić information content (AvgIpc) is 3.49. The number of piperidine rings is 1. The van der Waals surface area contributed by atoms with Crippen LogP contribution < -0.4 is 16.0 Å². The molecule has 0 radical (unpaired) electrons. The molecule has 4 heterocycles. The van der Waals surface area contributed by atoms with E-state index < -0.39 is 0 Å². The van der Waals surface area contributed by atoms with Crippen molar-refractivity contribution < 1.29 is 4.39 Å². The number of aryl methyl sites for hydroxylation is 1. The number of H-pyrrole nitrogens is 1. The number of hydrogen-bond acceptors (Lipinski definition) is 4. The number of hydrogen-bond donors (Lipinski definition) is 2. The topological polar surface area (TPSA) is 72.1 Å². The lowest BCUT2D eigenvalue weighted by molar-refractivity contribution is 0.204. The van der Waals surface area contributed by atoms with Crippen LogP contribution in [0.3, 0.4) is 0 Å². The van der Waals surface area contributed by atoms with Crippen LogP contribution in [0.2, 0.25) is 0 Å². The Bertz CT molecular complexity index is 1580. The van der Waals surface area contributed by atoms with E-state index in [2.05, 4.69) is 51.1 Å². The molecule has 0 amide bonds. The molecule has 6 rings (SSSR count). The van der Waals surface area contributed by atoms with Crippen LogP contribution in [0.4, 0.5) is 4.39 Å². The van der Waals surface area contributed by atoms with Gasteiger partial charge in [0, 0.05) is 35.5 Å². The summed E-state index contributed by atoms with van der Waals surface area (Å²) in [6, 6.07) is 15.1. The molecule has 0 saturated carbocycles. The molecule has 176 valence electrons. The molecular formula is C28H27FN6. The number of nitrogens with one attached hydrogen (secondary N) is 2. The maximum atomic E-state index is 13.9. The van der Waals surface area contributed by atoms with Gasteiger partial charge in [0.05, 0.1) is 10.7 Å². The van der Waals surface area contributed by atoms with Gasteiger partial charge in [-0.2, -0.15) is 5.26 Å².